The summed E-state index contributed by atoms with van der Waals surface area (Å²) in [6, 6.07) is 13.3. The van der Waals surface area contributed by atoms with Crippen LogP contribution in [0.25, 0.3) is 22.2 Å². The fourth-order valence-electron chi connectivity index (χ4n) is 5.25. The Hall–Kier alpha value is -3.96. The molecule has 35 heavy (non-hydrogen) atoms. The summed E-state index contributed by atoms with van der Waals surface area (Å²) < 4.78 is 60.9. The first kappa shape index (κ1) is 18.4. The van der Waals surface area contributed by atoms with Crippen LogP contribution in [-0.4, -0.2) is 37.8 Å². The van der Waals surface area contributed by atoms with Crippen molar-refractivity contribution in [2.75, 3.05) is 13.2 Å². The van der Waals surface area contributed by atoms with Crippen LogP contribution in [0.4, 0.5) is 4.39 Å². The zero-order valence-corrected chi connectivity index (χ0v) is 19.4. The molecule has 2 aliphatic heterocycles. The number of amides is 1. The maximum absolute atomic E-state index is 14.7. The van der Waals surface area contributed by atoms with Gasteiger partial charge in [0.2, 0.25) is 0 Å². The molecule has 0 fully saturated rings. The lowest BCUT2D eigenvalue weighted by Gasteiger charge is -2.24. The molecule has 3 atom stereocenters. The molecule has 6 nitrogen and oxygen atoms in total. The van der Waals surface area contributed by atoms with E-state index in [1.165, 1.54) is 18.4 Å². The molecule has 0 saturated carbocycles. The minimum absolute atomic E-state index is 0.162. The van der Waals surface area contributed by atoms with E-state index in [2.05, 4.69) is 5.92 Å². The number of aromatic nitrogens is 2. The normalized spacial score (nSPS) is 21.8. The molecule has 3 aromatic carbocycles. The molecule has 0 spiro atoms. The number of carbonyl (C=O) groups is 1. The van der Waals surface area contributed by atoms with E-state index in [0.717, 1.165) is 4.90 Å². The number of rotatable bonds is 2. The SMILES string of the molecule is [2H]C([2H])([2H])N1C(=O)c2cccc(C#C)c2[C@H]2C[C@@H]1c1nc3ccc(-c4ccc(S(C)(=N)=O)c(F)c4)cc3n12. The molecule has 1 unspecified atom stereocenters. The van der Waals surface area contributed by atoms with Crippen LogP contribution in [0.15, 0.2) is 59.5 Å². The molecular weight excluding hydrogens is 463 g/mol. The average molecular weight is 488 g/mol. The summed E-state index contributed by atoms with van der Waals surface area (Å²) in [5.41, 5.74) is 3.81. The Morgan fingerprint density at radius 2 is 1.97 bits per heavy atom. The molecule has 4 aromatic rings. The fourth-order valence-corrected chi connectivity index (χ4v) is 6.01. The predicted octanol–water partition coefficient (Wildman–Crippen LogP) is 4.98. The number of terminal acetylenes is 1. The van der Waals surface area contributed by atoms with Crippen LogP contribution < -0.4 is 0 Å². The van der Waals surface area contributed by atoms with Crippen molar-refractivity contribution in [3.63, 3.8) is 0 Å². The second-order valence-electron chi connectivity index (χ2n) is 8.89. The highest BCUT2D eigenvalue weighted by Crippen LogP contribution is 2.48. The smallest absolute Gasteiger partial charge is 0.254 e. The summed E-state index contributed by atoms with van der Waals surface area (Å²) in [7, 11) is -3.22. The average Bonchev–Trinajstić information content (AvgIpc) is 3.34. The molecule has 1 N–H and O–H groups in total. The van der Waals surface area contributed by atoms with Gasteiger partial charge in [-0.15, -0.1) is 6.42 Å². The van der Waals surface area contributed by atoms with Gasteiger partial charge in [-0.3, -0.25) is 4.79 Å². The van der Waals surface area contributed by atoms with Crippen molar-refractivity contribution in [2.45, 2.75) is 23.4 Å². The maximum Gasteiger partial charge on any atom is 0.254 e. The first-order valence-electron chi connectivity index (χ1n) is 12.4. The van der Waals surface area contributed by atoms with Crippen molar-refractivity contribution in [3.05, 3.63) is 82.9 Å². The van der Waals surface area contributed by atoms with Crippen molar-refractivity contribution in [1.82, 2.24) is 14.5 Å². The van der Waals surface area contributed by atoms with Crippen molar-refractivity contribution in [3.8, 4) is 23.5 Å². The number of halogens is 1. The lowest BCUT2D eigenvalue weighted by atomic mass is 9.93. The molecule has 1 aromatic heterocycles. The highest BCUT2D eigenvalue weighted by molar-refractivity contribution is 7.91. The quantitative estimate of drug-likeness (QED) is 0.405. The van der Waals surface area contributed by atoms with Gasteiger partial charge in [0.15, 0.2) is 0 Å². The summed E-state index contributed by atoms with van der Waals surface area (Å²) >= 11 is 0. The van der Waals surface area contributed by atoms with Gasteiger partial charge < -0.3 is 9.47 Å². The number of nitrogens with one attached hydrogen (secondary N) is 1. The molecule has 174 valence electrons. The van der Waals surface area contributed by atoms with Gasteiger partial charge >= 0.3 is 0 Å². The number of benzene rings is 3. The van der Waals surface area contributed by atoms with Gasteiger partial charge in [0.1, 0.15) is 11.6 Å². The summed E-state index contributed by atoms with van der Waals surface area (Å²) in [5.74, 6) is 1.76. The number of hydrogen-bond acceptors (Lipinski definition) is 4. The van der Waals surface area contributed by atoms with Crippen LogP contribution in [0.2, 0.25) is 0 Å². The first-order valence-corrected chi connectivity index (χ1v) is 12.9. The highest BCUT2D eigenvalue weighted by Gasteiger charge is 2.44. The van der Waals surface area contributed by atoms with Crippen LogP contribution in [-0.2, 0) is 9.73 Å². The molecular formula is C27H21FN4O2S. The topological polar surface area (TPSA) is 79.1 Å². The van der Waals surface area contributed by atoms with E-state index in [1.54, 1.807) is 36.4 Å². The summed E-state index contributed by atoms with van der Waals surface area (Å²) in [4.78, 5) is 19.0. The predicted molar refractivity (Wildman–Crippen MR) is 132 cm³/mol. The van der Waals surface area contributed by atoms with Crippen LogP contribution in [0, 0.1) is 22.9 Å². The van der Waals surface area contributed by atoms with E-state index in [1.807, 2.05) is 10.6 Å². The Kier molecular flexibility index (Phi) is 3.82. The van der Waals surface area contributed by atoms with E-state index < -0.39 is 40.5 Å². The largest absolute Gasteiger partial charge is 0.331 e. The summed E-state index contributed by atoms with van der Waals surface area (Å²) in [6.45, 7) is -2.70. The molecule has 0 saturated heterocycles. The molecule has 6 rings (SSSR count). The number of nitrogens with zero attached hydrogens (tertiary/aromatic N) is 3. The van der Waals surface area contributed by atoms with Crippen molar-refractivity contribution in [1.29, 1.82) is 4.78 Å². The van der Waals surface area contributed by atoms with Gasteiger partial charge in [0, 0.05) is 40.5 Å². The zero-order chi connectivity index (χ0) is 27.1. The second kappa shape index (κ2) is 7.27. The van der Waals surface area contributed by atoms with E-state index in [0.29, 0.717) is 45.5 Å². The summed E-state index contributed by atoms with van der Waals surface area (Å²) in [5, 5.41) is 0. The van der Waals surface area contributed by atoms with E-state index in [9.17, 15) is 13.4 Å². The van der Waals surface area contributed by atoms with E-state index in [-0.39, 0.29) is 10.5 Å². The fraction of sp³-hybridized carbons (Fsp3) is 0.185. The van der Waals surface area contributed by atoms with Gasteiger partial charge in [0.25, 0.3) is 5.91 Å². The van der Waals surface area contributed by atoms with Gasteiger partial charge in [-0.1, -0.05) is 24.1 Å². The Balaban J connectivity index is 1.59. The van der Waals surface area contributed by atoms with Gasteiger partial charge in [-0.2, -0.15) is 0 Å². The Bertz CT molecular complexity index is 1840. The molecule has 2 aliphatic rings. The van der Waals surface area contributed by atoms with Crippen LogP contribution >= 0.6 is 0 Å². The highest BCUT2D eigenvalue weighted by atomic mass is 32.2. The third-order valence-electron chi connectivity index (χ3n) is 6.81. The standard InChI is InChI=1S/C27H21FN4O2S/c1-4-15-6-5-7-18-25(15)22-14-23(31(2)27(18)33)26-30-20-10-8-17(13-21(20)32(22)26)16-9-11-24(19(28)12-16)35(3,29)34/h1,5-13,22-23,29H,14H2,2-3H3/t22-,23-,35?/m1/s1/i2D3. The molecule has 3 heterocycles. The third kappa shape index (κ3) is 3.05. The minimum atomic E-state index is -3.22. The van der Waals surface area contributed by atoms with E-state index >= 15 is 0 Å². The van der Waals surface area contributed by atoms with E-state index in [4.69, 9.17) is 20.3 Å². The number of imidazole rings is 1. The lowest BCUT2D eigenvalue weighted by Crippen LogP contribution is -2.30. The van der Waals surface area contributed by atoms with Crippen LogP contribution in [0.3, 0.4) is 0 Å². The Labute approximate surface area is 206 Å². The maximum atomic E-state index is 14.7. The summed E-state index contributed by atoms with van der Waals surface area (Å²) in [6.07, 6.45) is 7.28. The van der Waals surface area contributed by atoms with Gasteiger partial charge in [-0.25, -0.2) is 18.4 Å². The number of carbonyl (C=O) groups excluding carboxylic acids is 1. The first-order chi connectivity index (χ1) is 17.9. The van der Waals surface area contributed by atoms with Crippen molar-refractivity contribution >= 4 is 26.7 Å². The van der Waals surface area contributed by atoms with Crippen LogP contribution in [0.1, 0.15) is 49.9 Å². The van der Waals surface area contributed by atoms with Crippen molar-refractivity contribution < 1.29 is 17.5 Å². The number of hydrogen-bond donors (Lipinski definition) is 1. The Morgan fingerprint density at radius 1 is 1.20 bits per heavy atom. The van der Waals surface area contributed by atoms with Crippen LogP contribution in [0.5, 0.6) is 0 Å². The van der Waals surface area contributed by atoms with Crippen molar-refractivity contribution in [2.24, 2.45) is 0 Å². The number of fused-ring (bicyclic) bond motifs is 9. The Morgan fingerprint density at radius 3 is 2.69 bits per heavy atom. The monoisotopic (exact) mass is 487 g/mol. The van der Waals surface area contributed by atoms with Gasteiger partial charge in [0.05, 0.1) is 37.7 Å². The molecule has 0 aliphatic carbocycles. The minimum Gasteiger partial charge on any atom is -0.331 e. The molecule has 8 heteroatoms. The van der Waals surface area contributed by atoms with Gasteiger partial charge in [-0.05, 0) is 47.5 Å². The molecule has 0 radical (unpaired) electrons. The third-order valence-corrected chi connectivity index (χ3v) is 7.98. The second-order valence-corrected chi connectivity index (χ2v) is 11.0. The molecule has 1 amide bonds. The molecule has 2 bridgehead atoms. The zero-order valence-electron chi connectivity index (χ0n) is 21.6. The lowest BCUT2D eigenvalue weighted by molar-refractivity contribution is 0.0734.